The predicted molar refractivity (Wildman–Crippen MR) is 117 cm³/mol. The number of hydrogen-bond acceptors (Lipinski definition) is 4. The minimum Gasteiger partial charge on any atom is -0.489 e. The van der Waals surface area contributed by atoms with Crippen LogP contribution in [0.25, 0.3) is 0 Å². The molecule has 1 amide bonds. The molecule has 2 N–H and O–H groups in total. The monoisotopic (exact) mass is 434 g/mol. The first-order valence-corrected chi connectivity index (χ1v) is 10.5. The molecule has 1 saturated heterocycles. The Bertz CT molecular complexity index is 908. The number of carbonyl (C=O) groups excluding carboxylic acids is 1. The first-order chi connectivity index (χ1) is 14.2. The number of amides is 1. The molecule has 2 aromatic rings. The summed E-state index contributed by atoms with van der Waals surface area (Å²) in [5, 5.41) is 14.1. The molecule has 1 fully saturated rings. The van der Waals surface area contributed by atoms with E-state index in [1.54, 1.807) is 18.2 Å². The molecule has 0 aromatic heterocycles. The van der Waals surface area contributed by atoms with Crippen LogP contribution in [0.1, 0.15) is 30.4 Å². The molecule has 3 rings (SSSR count). The van der Waals surface area contributed by atoms with Crippen molar-refractivity contribution in [3.05, 3.63) is 58.4 Å². The number of anilines is 1. The van der Waals surface area contributed by atoms with E-state index in [1.807, 2.05) is 30.9 Å². The summed E-state index contributed by atoms with van der Waals surface area (Å²) < 4.78 is 19.7. The Labute approximate surface area is 181 Å². The number of halogens is 2. The lowest BCUT2D eigenvalue weighted by atomic mass is 9.96. The van der Waals surface area contributed by atoms with Crippen LogP contribution in [0.3, 0.4) is 0 Å². The van der Waals surface area contributed by atoms with Gasteiger partial charge in [-0.05, 0) is 75.0 Å². The van der Waals surface area contributed by atoms with E-state index < -0.39 is 11.4 Å². The highest BCUT2D eigenvalue weighted by atomic mass is 35.5. The second-order valence-electron chi connectivity index (χ2n) is 8.11. The van der Waals surface area contributed by atoms with E-state index in [-0.39, 0.29) is 24.7 Å². The largest absolute Gasteiger partial charge is 0.489 e. The van der Waals surface area contributed by atoms with Crippen molar-refractivity contribution in [1.82, 2.24) is 4.90 Å². The summed E-state index contributed by atoms with van der Waals surface area (Å²) in [6.45, 7) is 5.31. The minimum absolute atomic E-state index is 0.144. The molecule has 1 aliphatic rings. The lowest BCUT2D eigenvalue weighted by Crippen LogP contribution is -2.38. The van der Waals surface area contributed by atoms with E-state index in [9.17, 15) is 14.3 Å². The van der Waals surface area contributed by atoms with Gasteiger partial charge in [-0.1, -0.05) is 23.7 Å². The van der Waals surface area contributed by atoms with Gasteiger partial charge in [-0.3, -0.25) is 9.69 Å². The van der Waals surface area contributed by atoms with Gasteiger partial charge in [-0.15, -0.1) is 0 Å². The maximum absolute atomic E-state index is 13.9. The van der Waals surface area contributed by atoms with E-state index in [0.29, 0.717) is 36.7 Å². The lowest BCUT2D eigenvalue weighted by Gasteiger charge is -2.27. The van der Waals surface area contributed by atoms with Gasteiger partial charge < -0.3 is 15.2 Å². The van der Waals surface area contributed by atoms with Gasteiger partial charge in [0.25, 0.3) is 0 Å². The maximum Gasteiger partial charge on any atom is 0.238 e. The molecule has 30 heavy (non-hydrogen) atoms. The Morgan fingerprint density at radius 2 is 1.93 bits per heavy atom. The first-order valence-electron chi connectivity index (χ1n) is 10.1. The Morgan fingerprint density at radius 1 is 1.20 bits per heavy atom. The van der Waals surface area contributed by atoms with Gasteiger partial charge in [0.05, 0.1) is 22.9 Å². The van der Waals surface area contributed by atoms with E-state index in [0.717, 1.165) is 17.5 Å². The van der Waals surface area contributed by atoms with Crippen LogP contribution in [0, 0.1) is 19.7 Å². The Hall–Kier alpha value is -2.15. The molecule has 1 atom stereocenters. The maximum atomic E-state index is 13.9. The first kappa shape index (κ1) is 22.5. The van der Waals surface area contributed by atoms with Crippen molar-refractivity contribution < 1.29 is 19.0 Å². The minimum atomic E-state index is -0.985. The average molecular weight is 435 g/mol. The fourth-order valence-electron chi connectivity index (χ4n) is 3.60. The molecule has 1 unspecified atom stereocenters. The van der Waals surface area contributed by atoms with Gasteiger partial charge in [-0.25, -0.2) is 4.39 Å². The zero-order chi connectivity index (χ0) is 21.7. The fourth-order valence-corrected chi connectivity index (χ4v) is 3.77. The molecular weight excluding hydrogens is 407 g/mol. The van der Waals surface area contributed by atoms with E-state index in [2.05, 4.69) is 5.32 Å². The van der Waals surface area contributed by atoms with Crippen molar-refractivity contribution in [3.63, 3.8) is 0 Å². The number of benzene rings is 2. The molecular formula is C23H28ClFN2O3. The Morgan fingerprint density at radius 3 is 2.73 bits per heavy atom. The SMILES string of the molecule is Cc1ccc(F)c(NC(=O)CN2CCCC(O)(COc3cc(C)ccc3Cl)CC2)c1. The van der Waals surface area contributed by atoms with Crippen LogP contribution >= 0.6 is 11.6 Å². The molecule has 0 radical (unpaired) electrons. The third-order valence-electron chi connectivity index (χ3n) is 5.36. The molecule has 2 aromatic carbocycles. The number of carbonyl (C=O) groups is 1. The van der Waals surface area contributed by atoms with Crippen LogP contribution in [0.4, 0.5) is 10.1 Å². The van der Waals surface area contributed by atoms with Gasteiger partial charge in [0.2, 0.25) is 5.91 Å². The van der Waals surface area contributed by atoms with E-state index in [4.69, 9.17) is 16.3 Å². The zero-order valence-electron chi connectivity index (χ0n) is 17.4. The van der Waals surface area contributed by atoms with Crippen LogP contribution in [0.5, 0.6) is 5.75 Å². The van der Waals surface area contributed by atoms with Gasteiger partial charge in [0, 0.05) is 6.54 Å². The van der Waals surface area contributed by atoms with Gasteiger partial charge in [0.15, 0.2) is 0 Å². The number of likely N-dealkylation sites (tertiary alicyclic amines) is 1. The molecule has 0 saturated carbocycles. The smallest absolute Gasteiger partial charge is 0.238 e. The van der Waals surface area contributed by atoms with Crippen LogP contribution < -0.4 is 10.1 Å². The summed E-state index contributed by atoms with van der Waals surface area (Å²) in [5.74, 6) is -0.162. The van der Waals surface area contributed by atoms with Crippen LogP contribution in [0.2, 0.25) is 5.02 Å². The summed E-state index contributed by atoms with van der Waals surface area (Å²) in [7, 11) is 0. The molecule has 1 aliphatic heterocycles. The van der Waals surface area contributed by atoms with E-state index >= 15 is 0 Å². The number of nitrogens with zero attached hydrogens (tertiary/aromatic N) is 1. The van der Waals surface area contributed by atoms with Crippen molar-refractivity contribution in [2.45, 2.75) is 38.7 Å². The molecule has 1 heterocycles. The lowest BCUT2D eigenvalue weighted by molar-refractivity contribution is -0.117. The Balaban J connectivity index is 1.53. The molecule has 0 bridgehead atoms. The number of nitrogens with one attached hydrogen (secondary N) is 1. The summed E-state index contributed by atoms with van der Waals surface area (Å²) >= 11 is 6.17. The van der Waals surface area contributed by atoms with Crippen LogP contribution in [-0.4, -0.2) is 47.8 Å². The van der Waals surface area contributed by atoms with Crippen molar-refractivity contribution in [2.75, 3.05) is 31.6 Å². The third kappa shape index (κ3) is 6.17. The summed E-state index contributed by atoms with van der Waals surface area (Å²) in [5.41, 5.74) is 1.11. The predicted octanol–water partition coefficient (Wildman–Crippen LogP) is 4.33. The standard InChI is InChI=1S/C23H28ClFN2O3/c1-16-5-7-19(25)20(12-16)26-22(28)14-27-10-3-8-23(29,9-11-27)15-30-21-13-17(2)4-6-18(21)24/h4-7,12-13,29H,3,8-11,14-15H2,1-2H3,(H,26,28). The number of hydrogen-bond donors (Lipinski definition) is 2. The third-order valence-corrected chi connectivity index (χ3v) is 5.67. The quantitative estimate of drug-likeness (QED) is 0.710. The second-order valence-corrected chi connectivity index (χ2v) is 8.52. The normalized spacial score (nSPS) is 19.9. The average Bonchev–Trinajstić information content (AvgIpc) is 2.87. The second kappa shape index (κ2) is 9.77. The molecule has 0 aliphatic carbocycles. The highest BCUT2D eigenvalue weighted by Crippen LogP contribution is 2.29. The molecule has 7 heteroatoms. The molecule has 0 spiro atoms. The Kier molecular flexibility index (Phi) is 7.34. The van der Waals surface area contributed by atoms with Crippen molar-refractivity contribution in [2.24, 2.45) is 0 Å². The van der Waals surface area contributed by atoms with Crippen molar-refractivity contribution >= 4 is 23.2 Å². The van der Waals surface area contributed by atoms with Crippen molar-refractivity contribution in [3.8, 4) is 5.75 Å². The van der Waals surface area contributed by atoms with Gasteiger partial charge >= 0.3 is 0 Å². The van der Waals surface area contributed by atoms with Crippen molar-refractivity contribution in [1.29, 1.82) is 0 Å². The number of aliphatic hydroxyl groups is 1. The highest BCUT2D eigenvalue weighted by Gasteiger charge is 2.32. The highest BCUT2D eigenvalue weighted by molar-refractivity contribution is 6.32. The molecule has 5 nitrogen and oxygen atoms in total. The summed E-state index contributed by atoms with van der Waals surface area (Å²) in [6, 6.07) is 10.2. The van der Waals surface area contributed by atoms with Crippen LogP contribution in [0.15, 0.2) is 36.4 Å². The summed E-state index contributed by atoms with van der Waals surface area (Å²) in [4.78, 5) is 14.3. The molecule has 162 valence electrons. The number of rotatable bonds is 6. The topological polar surface area (TPSA) is 61.8 Å². The number of ether oxygens (including phenoxy) is 1. The summed E-state index contributed by atoms with van der Waals surface area (Å²) in [6.07, 6.45) is 1.77. The van der Waals surface area contributed by atoms with E-state index in [1.165, 1.54) is 6.07 Å². The number of aryl methyl sites for hydroxylation is 2. The van der Waals surface area contributed by atoms with Gasteiger partial charge in [-0.2, -0.15) is 0 Å². The fraction of sp³-hybridized carbons (Fsp3) is 0.435. The van der Waals surface area contributed by atoms with Crippen LogP contribution in [-0.2, 0) is 4.79 Å². The zero-order valence-corrected chi connectivity index (χ0v) is 18.1. The van der Waals surface area contributed by atoms with Gasteiger partial charge in [0.1, 0.15) is 18.2 Å².